The van der Waals surface area contributed by atoms with E-state index in [1.54, 1.807) is 12.1 Å². The highest BCUT2D eigenvalue weighted by molar-refractivity contribution is 9.10. The molecule has 1 aromatic heterocycles. The van der Waals surface area contributed by atoms with Crippen molar-refractivity contribution < 1.29 is 9.90 Å². The summed E-state index contributed by atoms with van der Waals surface area (Å²) in [5, 5.41) is 11.0. The quantitative estimate of drug-likeness (QED) is 0.416. The molecule has 4 rings (SSSR count). The number of carboxylic acid groups (broad SMARTS) is 1. The van der Waals surface area contributed by atoms with Crippen LogP contribution in [-0.4, -0.2) is 15.9 Å². The molecule has 0 fully saturated rings. The first-order valence-electron chi connectivity index (χ1n) is 8.45. The van der Waals surface area contributed by atoms with Crippen LogP contribution >= 0.6 is 31.9 Å². The van der Waals surface area contributed by atoms with Crippen LogP contribution in [-0.2, 0) is 0 Å². The van der Waals surface area contributed by atoms with Crippen molar-refractivity contribution in [2.75, 3.05) is 0 Å². The van der Waals surface area contributed by atoms with Gasteiger partial charge in [0.25, 0.3) is 0 Å². The molecule has 0 spiro atoms. The Balaban J connectivity index is 1.84. The summed E-state index contributed by atoms with van der Waals surface area (Å²) in [6, 6.07) is 22.4. The van der Waals surface area contributed by atoms with Crippen molar-refractivity contribution in [1.82, 2.24) is 9.97 Å². The summed E-state index contributed by atoms with van der Waals surface area (Å²) in [4.78, 5) is 19.2. The third kappa shape index (κ3) is 3.79. The molecule has 0 atom stereocenters. The van der Waals surface area contributed by atoms with Crippen LogP contribution in [0.2, 0.25) is 0 Å². The maximum Gasteiger partial charge on any atom is 0.138 e. The Morgan fingerprint density at radius 1 is 0.750 bits per heavy atom. The number of carbonyl (C=O) groups is 1. The lowest BCUT2D eigenvalue weighted by Gasteiger charge is -2.04. The van der Waals surface area contributed by atoms with Crippen molar-refractivity contribution in [2.45, 2.75) is 0 Å². The van der Waals surface area contributed by atoms with Crippen molar-refractivity contribution >= 4 is 37.8 Å². The minimum atomic E-state index is -1.20. The van der Waals surface area contributed by atoms with Crippen LogP contribution in [0.1, 0.15) is 10.4 Å². The van der Waals surface area contributed by atoms with Crippen molar-refractivity contribution in [3.8, 4) is 33.9 Å². The number of H-pyrrole nitrogens is 1. The number of hydrogen-bond acceptors (Lipinski definition) is 3. The predicted octanol–water partition coefficient (Wildman–Crippen LogP) is 5.30. The maximum atomic E-state index is 11.0. The van der Waals surface area contributed by atoms with Gasteiger partial charge in [0.05, 0.1) is 17.4 Å². The van der Waals surface area contributed by atoms with Gasteiger partial charge in [-0.1, -0.05) is 80.4 Å². The minimum Gasteiger partial charge on any atom is -0.545 e. The number of benzene rings is 3. The van der Waals surface area contributed by atoms with Gasteiger partial charge in [-0.2, -0.15) is 0 Å². The molecule has 0 aliphatic heterocycles. The van der Waals surface area contributed by atoms with Gasteiger partial charge < -0.3 is 14.9 Å². The molecule has 0 aliphatic rings. The Morgan fingerprint density at radius 2 is 1.25 bits per heavy atom. The maximum absolute atomic E-state index is 11.0. The largest absolute Gasteiger partial charge is 0.545 e. The Labute approximate surface area is 178 Å². The lowest BCUT2D eigenvalue weighted by Crippen LogP contribution is -2.21. The fourth-order valence-electron chi connectivity index (χ4n) is 2.92. The second-order valence-corrected chi connectivity index (χ2v) is 8.02. The third-order valence-electron chi connectivity index (χ3n) is 4.35. The number of aromatic carboxylic acids is 1. The van der Waals surface area contributed by atoms with Gasteiger partial charge in [0.15, 0.2) is 0 Å². The summed E-state index contributed by atoms with van der Waals surface area (Å²) in [6.07, 6.45) is 0. The van der Waals surface area contributed by atoms with E-state index in [0.717, 1.165) is 37.0 Å². The molecule has 4 nitrogen and oxygen atoms in total. The minimum absolute atomic E-state index is 0.136. The van der Waals surface area contributed by atoms with Gasteiger partial charge in [-0.25, -0.2) is 4.98 Å². The van der Waals surface area contributed by atoms with Crippen LogP contribution in [0, 0.1) is 0 Å². The Bertz CT molecular complexity index is 1070. The van der Waals surface area contributed by atoms with Crippen LogP contribution in [0.25, 0.3) is 33.9 Å². The predicted molar refractivity (Wildman–Crippen MR) is 115 cm³/mol. The fraction of sp³-hybridized carbons (Fsp3) is 0. The topological polar surface area (TPSA) is 68.8 Å². The molecular weight excluding hydrogens is 484 g/mol. The lowest BCUT2D eigenvalue weighted by atomic mass is 10.1. The van der Waals surface area contributed by atoms with Gasteiger partial charge in [0, 0.05) is 25.6 Å². The van der Waals surface area contributed by atoms with E-state index in [0.29, 0.717) is 5.82 Å². The molecule has 0 amide bonds. The number of nitrogens with one attached hydrogen (secondary N) is 1. The van der Waals surface area contributed by atoms with E-state index in [9.17, 15) is 9.90 Å². The molecule has 0 aliphatic carbocycles. The molecule has 0 saturated heterocycles. The fourth-order valence-corrected chi connectivity index (χ4v) is 3.44. The number of aromatic nitrogens is 2. The first-order chi connectivity index (χ1) is 13.5. The Kier molecular flexibility index (Phi) is 5.15. The summed E-state index contributed by atoms with van der Waals surface area (Å²) >= 11 is 6.93. The van der Waals surface area contributed by atoms with Gasteiger partial charge in [-0.15, -0.1) is 0 Å². The SMILES string of the molecule is O=C([O-])c1ccc(-c2nc(-c3ccc(Br)cc3)c(-c3ccc(Br)cc3)[nH]2)cc1. The molecule has 28 heavy (non-hydrogen) atoms. The lowest BCUT2D eigenvalue weighted by molar-refractivity contribution is -0.255. The molecule has 138 valence electrons. The zero-order valence-corrected chi connectivity index (χ0v) is 17.6. The van der Waals surface area contributed by atoms with Gasteiger partial charge in [-0.05, 0) is 29.8 Å². The van der Waals surface area contributed by atoms with E-state index >= 15 is 0 Å². The molecule has 4 aromatic rings. The monoisotopic (exact) mass is 495 g/mol. The molecule has 0 bridgehead atoms. The van der Waals surface area contributed by atoms with E-state index in [1.807, 2.05) is 48.5 Å². The zero-order valence-electron chi connectivity index (χ0n) is 14.4. The number of halogens is 2. The average Bonchev–Trinajstić information content (AvgIpc) is 3.14. The molecule has 0 radical (unpaired) electrons. The van der Waals surface area contributed by atoms with Crippen LogP contribution in [0.5, 0.6) is 0 Å². The molecular formula is C22H13Br2N2O2-. The van der Waals surface area contributed by atoms with Crippen molar-refractivity contribution in [3.63, 3.8) is 0 Å². The first-order valence-corrected chi connectivity index (χ1v) is 10.0. The summed E-state index contributed by atoms with van der Waals surface area (Å²) < 4.78 is 1.99. The number of nitrogens with zero attached hydrogens (tertiary/aromatic N) is 1. The van der Waals surface area contributed by atoms with E-state index in [4.69, 9.17) is 4.98 Å². The molecule has 1 N–H and O–H groups in total. The van der Waals surface area contributed by atoms with E-state index < -0.39 is 5.97 Å². The van der Waals surface area contributed by atoms with E-state index in [1.165, 1.54) is 12.1 Å². The van der Waals surface area contributed by atoms with Crippen LogP contribution in [0.15, 0.2) is 81.7 Å². The van der Waals surface area contributed by atoms with Gasteiger partial charge in [0.2, 0.25) is 0 Å². The van der Waals surface area contributed by atoms with E-state index in [2.05, 4.69) is 36.8 Å². The number of aromatic amines is 1. The second kappa shape index (κ2) is 7.73. The number of carbonyl (C=O) groups excluding carboxylic acids is 1. The summed E-state index contributed by atoms with van der Waals surface area (Å²) in [6.45, 7) is 0. The van der Waals surface area contributed by atoms with Crippen LogP contribution in [0.4, 0.5) is 0 Å². The zero-order chi connectivity index (χ0) is 19.7. The van der Waals surface area contributed by atoms with Crippen LogP contribution < -0.4 is 5.11 Å². The molecule has 1 heterocycles. The van der Waals surface area contributed by atoms with Gasteiger partial charge >= 0.3 is 0 Å². The third-order valence-corrected chi connectivity index (χ3v) is 5.41. The highest BCUT2D eigenvalue weighted by atomic mass is 79.9. The molecule has 6 heteroatoms. The standard InChI is InChI=1S/C22H14Br2N2O2/c23-17-9-5-13(6-10-17)19-20(14-7-11-18(24)12-8-14)26-21(25-19)15-1-3-16(4-2-15)22(27)28/h1-12H,(H,25,26)(H,27,28)/p-1. The van der Waals surface area contributed by atoms with Crippen LogP contribution in [0.3, 0.4) is 0 Å². The van der Waals surface area contributed by atoms with Gasteiger partial charge in [-0.3, -0.25) is 0 Å². The molecule has 3 aromatic carbocycles. The van der Waals surface area contributed by atoms with Crippen molar-refractivity contribution in [1.29, 1.82) is 0 Å². The molecule has 0 saturated carbocycles. The summed E-state index contributed by atoms with van der Waals surface area (Å²) in [7, 11) is 0. The molecule has 0 unspecified atom stereocenters. The summed E-state index contributed by atoms with van der Waals surface area (Å²) in [5.41, 5.74) is 4.65. The van der Waals surface area contributed by atoms with E-state index in [-0.39, 0.29) is 5.56 Å². The van der Waals surface area contributed by atoms with Crippen molar-refractivity contribution in [3.05, 3.63) is 87.3 Å². The van der Waals surface area contributed by atoms with Crippen molar-refractivity contribution in [2.24, 2.45) is 0 Å². The van der Waals surface area contributed by atoms with Gasteiger partial charge in [0.1, 0.15) is 5.82 Å². The highest BCUT2D eigenvalue weighted by Crippen LogP contribution is 2.34. The first kappa shape index (κ1) is 18.7. The normalized spacial score (nSPS) is 10.8. The Hall–Kier alpha value is -2.70. The number of carboxylic acids is 1. The smallest absolute Gasteiger partial charge is 0.138 e. The number of hydrogen-bond donors (Lipinski definition) is 1. The Morgan fingerprint density at radius 3 is 1.79 bits per heavy atom. The average molecular weight is 497 g/mol. The number of rotatable bonds is 4. The summed E-state index contributed by atoms with van der Waals surface area (Å²) in [5.74, 6) is -0.530. The second-order valence-electron chi connectivity index (χ2n) is 6.19. The highest BCUT2D eigenvalue weighted by Gasteiger charge is 2.15. The number of imidazole rings is 1.